The minimum atomic E-state index is -4.17. The lowest BCUT2D eigenvalue weighted by Gasteiger charge is -2.23. The highest BCUT2D eigenvalue weighted by atomic mass is 32.2. The minimum Gasteiger partial charge on any atom is -0.497 e. The predicted octanol–water partition coefficient (Wildman–Crippen LogP) is 5.24. The van der Waals surface area contributed by atoms with Crippen LogP contribution in [-0.2, 0) is 14.8 Å². The fourth-order valence-corrected chi connectivity index (χ4v) is 4.80. The van der Waals surface area contributed by atoms with Crippen LogP contribution < -0.4 is 13.8 Å². The maximum atomic E-state index is 13.5. The molecule has 0 saturated heterocycles. The highest BCUT2D eigenvalue weighted by molar-refractivity contribution is 7.93. The Labute approximate surface area is 195 Å². The molecular formula is C26H29NO5S. The number of hydrogen-bond donors (Lipinski definition) is 0. The largest absolute Gasteiger partial charge is 0.497 e. The van der Waals surface area contributed by atoms with Gasteiger partial charge in [-0.25, -0.2) is 8.42 Å². The predicted molar refractivity (Wildman–Crippen MR) is 130 cm³/mol. The molecule has 3 aromatic rings. The Balaban J connectivity index is 1.98. The molecule has 0 fully saturated rings. The summed E-state index contributed by atoms with van der Waals surface area (Å²) in [6.45, 7) is 7.44. The van der Waals surface area contributed by atoms with Crippen LogP contribution in [0.1, 0.15) is 36.5 Å². The molecule has 6 nitrogen and oxygen atoms in total. The standard InChI is InChI=1S/C26H29NO5S/c1-18(2)24-15-8-20(4)16-25(24)32-17-26(28)27(21-9-11-22(31-5)12-10-21)33(29,30)23-13-6-19(3)7-14-23/h6-16,18H,17H2,1-5H3. The summed E-state index contributed by atoms with van der Waals surface area (Å²) >= 11 is 0. The molecule has 3 rings (SSSR count). The van der Waals surface area contributed by atoms with Gasteiger partial charge in [-0.15, -0.1) is 0 Å². The van der Waals surface area contributed by atoms with Crippen LogP contribution in [0.25, 0.3) is 0 Å². The number of benzene rings is 3. The number of aryl methyl sites for hydroxylation is 2. The molecule has 0 N–H and O–H groups in total. The molecule has 0 radical (unpaired) electrons. The SMILES string of the molecule is COc1ccc(N(C(=O)COc2cc(C)ccc2C(C)C)S(=O)(=O)c2ccc(C)cc2)cc1. The monoisotopic (exact) mass is 467 g/mol. The molecular weight excluding hydrogens is 438 g/mol. The van der Waals surface area contributed by atoms with Crippen LogP contribution in [0, 0.1) is 13.8 Å². The molecule has 0 aromatic heterocycles. The second-order valence-corrected chi connectivity index (χ2v) is 9.95. The molecule has 0 bridgehead atoms. The molecule has 0 aliphatic rings. The fourth-order valence-electron chi connectivity index (χ4n) is 3.39. The molecule has 0 heterocycles. The number of anilines is 1. The van der Waals surface area contributed by atoms with Gasteiger partial charge in [0.1, 0.15) is 11.5 Å². The highest BCUT2D eigenvalue weighted by Gasteiger charge is 2.31. The number of methoxy groups -OCH3 is 1. The Bertz CT molecular complexity index is 1220. The van der Waals surface area contributed by atoms with Crippen molar-refractivity contribution in [2.45, 2.75) is 38.5 Å². The maximum Gasteiger partial charge on any atom is 0.278 e. The Morgan fingerprint density at radius 3 is 2.09 bits per heavy atom. The highest BCUT2D eigenvalue weighted by Crippen LogP contribution is 2.29. The number of carbonyl (C=O) groups is 1. The normalized spacial score (nSPS) is 11.3. The van der Waals surface area contributed by atoms with Crippen molar-refractivity contribution in [3.8, 4) is 11.5 Å². The quantitative estimate of drug-likeness (QED) is 0.453. The van der Waals surface area contributed by atoms with Crippen LogP contribution in [0.2, 0.25) is 0 Å². The molecule has 0 atom stereocenters. The van der Waals surface area contributed by atoms with Crippen LogP contribution in [-0.4, -0.2) is 28.0 Å². The average molecular weight is 468 g/mol. The van der Waals surface area contributed by atoms with Gasteiger partial charge in [0.2, 0.25) is 0 Å². The van der Waals surface area contributed by atoms with Crippen molar-refractivity contribution in [3.63, 3.8) is 0 Å². The Kier molecular flexibility index (Phi) is 7.43. The Morgan fingerprint density at radius 2 is 1.52 bits per heavy atom. The summed E-state index contributed by atoms with van der Waals surface area (Å²) in [5.74, 6) is 0.610. The zero-order valence-corrected chi connectivity index (χ0v) is 20.3. The van der Waals surface area contributed by atoms with Crippen molar-refractivity contribution < 1.29 is 22.7 Å². The molecule has 33 heavy (non-hydrogen) atoms. The third-order valence-corrected chi connectivity index (χ3v) is 7.00. The van der Waals surface area contributed by atoms with E-state index in [1.807, 2.05) is 45.9 Å². The first-order chi connectivity index (χ1) is 15.6. The topological polar surface area (TPSA) is 72.9 Å². The average Bonchev–Trinajstić information content (AvgIpc) is 2.78. The summed E-state index contributed by atoms with van der Waals surface area (Å²) in [4.78, 5) is 13.3. The van der Waals surface area contributed by atoms with Gasteiger partial charge in [0.05, 0.1) is 17.7 Å². The van der Waals surface area contributed by atoms with Gasteiger partial charge in [0.25, 0.3) is 15.9 Å². The third-order valence-electron chi connectivity index (χ3n) is 5.23. The second-order valence-electron chi connectivity index (χ2n) is 8.16. The van der Waals surface area contributed by atoms with E-state index in [0.717, 1.165) is 21.0 Å². The van der Waals surface area contributed by atoms with E-state index in [1.165, 1.54) is 31.4 Å². The number of sulfonamides is 1. The molecule has 0 aliphatic carbocycles. The first kappa shape index (κ1) is 24.3. The van der Waals surface area contributed by atoms with E-state index in [-0.39, 0.29) is 16.5 Å². The maximum absolute atomic E-state index is 13.5. The van der Waals surface area contributed by atoms with Crippen LogP contribution in [0.15, 0.2) is 71.6 Å². The number of ether oxygens (including phenoxy) is 2. The van der Waals surface area contributed by atoms with Gasteiger partial charge in [-0.2, -0.15) is 4.31 Å². The molecule has 0 spiro atoms. The van der Waals surface area contributed by atoms with Crippen LogP contribution >= 0.6 is 0 Å². The number of carbonyl (C=O) groups excluding carboxylic acids is 1. The lowest BCUT2D eigenvalue weighted by molar-refractivity contribution is -0.119. The van der Waals surface area contributed by atoms with Crippen molar-refractivity contribution in [1.29, 1.82) is 0 Å². The van der Waals surface area contributed by atoms with Gasteiger partial charge in [-0.3, -0.25) is 4.79 Å². The van der Waals surface area contributed by atoms with Gasteiger partial charge in [0, 0.05) is 0 Å². The van der Waals surface area contributed by atoms with E-state index in [0.29, 0.717) is 11.5 Å². The Morgan fingerprint density at radius 1 is 0.909 bits per heavy atom. The summed E-state index contributed by atoms with van der Waals surface area (Å²) in [6.07, 6.45) is 0. The summed E-state index contributed by atoms with van der Waals surface area (Å²) in [6, 6.07) is 18.5. The summed E-state index contributed by atoms with van der Waals surface area (Å²) in [7, 11) is -2.65. The van der Waals surface area contributed by atoms with E-state index in [1.54, 1.807) is 24.3 Å². The second kappa shape index (κ2) is 10.1. The van der Waals surface area contributed by atoms with Crippen molar-refractivity contribution in [2.75, 3.05) is 18.0 Å². The van der Waals surface area contributed by atoms with Crippen LogP contribution in [0.3, 0.4) is 0 Å². The van der Waals surface area contributed by atoms with Crippen LogP contribution in [0.5, 0.6) is 11.5 Å². The van der Waals surface area contributed by atoms with E-state index in [4.69, 9.17) is 9.47 Å². The molecule has 0 aliphatic heterocycles. The van der Waals surface area contributed by atoms with Gasteiger partial charge < -0.3 is 9.47 Å². The zero-order valence-electron chi connectivity index (χ0n) is 19.5. The number of hydrogen-bond acceptors (Lipinski definition) is 5. The van der Waals surface area contributed by atoms with Gasteiger partial charge in [-0.1, -0.05) is 43.7 Å². The minimum absolute atomic E-state index is 0.0238. The van der Waals surface area contributed by atoms with E-state index < -0.39 is 22.5 Å². The molecule has 174 valence electrons. The van der Waals surface area contributed by atoms with Crippen molar-refractivity contribution >= 4 is 21.6 Å². The van der Waals surface area contributed by atoms with E-state index in [2.05, 4.69) is 0 Å². The number of nitrogens with zero attached hydrogens (tertiary/aromatic N) is 1. The lowest BCUT2D eigenvalue weighted by atomic mass is 10.0. The van der Waals surface area contributed by atoms with E-state index >= 15 is 0 Å². The smallest absolute Gasteiger partial charge is 0.278 e. The summed E-state index contributed by atoms with van der Waals surface area (Å²) < 4.78 is 38.8. The number of rotatable bonds is 8. The van der Waals surface area contributed by atoms with Crippen molar-refractivity contribution in [3.05, 3.63) is 83.4 Å². The number of amides is 1. The van der Waals surface area contributed by atoms with Crippen molar-refractivity contribution in [1.82, 2.24) is 0 Å². The van der Waals surface area contributed by atoms with E-state index in [9.17, 15) is 13.2 Å². The molecule has 0 saturated carbocycles. The first-order valence-corrected chi connectivity index (χ1v) is 12.1. The molecule has 0 unspecified atom stereocenters. The van der Waals surface area contributed by atoms with Crippen molar-refractivity contribution in [2.24, 2.45) is 0 Å². The molecule has 1 amide bonds. The summed E-state index contributed by atoms with van der Waals surface area (Å²) in [5, 5.41) is 0. The Hall–Kier alpha value is -3.32. The third kappa shape index (κ3) is 5.54. The fraction of sp³-hybridized carbons (Fsp3) is 0.269. The van der Waals surface area contributed by atoms with Gasteiger partial charge in [0.15, 0.2) is 6.61 Å². The molecule has 7 heteroatoms. The zero-order chi connectivity index (χ0) is 24.2. The van der Waals surface area contributed by atoms with Gasteiger partial charge in [-0.05, 0) is 73.4 Å². The first-order valence-electron chi connectivity index (χ1n) is 10.7. The van der Waals surface area contributed by atoms with Crippen LogP contribution in [0.4, 0.5) is 5.69 Å². The van der Waals surface area contributed by atoms with Gasteiger partial charge >= 0.3 is 0 Å². The lowest BCUT2D eigenvalue weighted by Crippen LogP contribution is -2.40. The summed E-state index contributed by atoms with van der Waals surface area (Å²) in [5.41, 5.74) is 3.06. The molecule has 3 aromatic carbocycles.